The molecule has 1 fully saturated rings. The van der Waals surface area contributed by atoms with Crippen molar-refractivity contribution in [1.29, 1.82) is 0 Å². The molecule has 0 radical (unpaired) electrons. The largest absolute Gasteiger partial charge is 0.416 e. The van der Waals surface area contributed by atoms with Crippen LogP contribution in [0.15, 0.2) is 48.5 Å². The van der Waals surface area contributed by atoms with Crippen molar-refractivity contribution in [3.63, 3.8) is 0 Å². The standard InChI is InChI=1S/C23H24F6O5S/c1-14(17-10-18(22(24,25)26)12-19(11-17)23(27,28)29)34-21-20(15-6-4-3-5-7-15)16(8-9-32-21)13-33-35(2,30)31/h3-7,10-12,14,16,20-21H,8-9,13H2,1-2H3/t14-,16-,20+,21-/m1/s1. The third kappa shape index (κ3) is 7.42. The zero-order valence-electron chi connectivity index (χ0n) is 18.8. The molecule has 0 spiro atoms. The summed E-state index contributed by atoms with van der Waals surface area (Å²) in [6.07, 6.45) is -10.9. The minimum absolute atomic E-state index is 0.0542. The van der Waals surface area contributed by atoms with E-state index >= 15 is 0 Å². The number of rotatable bonds is 7. The van der Waals surface area contributed by atoms with E-state index in [1.807, 2.05) is 0 Å². The summed E-state index contributed by atoms with van der Waals surface area (Å²) < 4.78 is 119. The van der Waals surface area contributed by atoms with Crippen molar-refractivity contribution in [2.24, 2.45) is 5.92 Å². The Morgan fingerprint density at radius 1 is 1.00 bits per heavy atom. The van der Waals surface area contributed by atoms with Crippen LogP contribution in [-0.4, -0.2) is 34.2 Å². The maximum absolute atomic E-state index is 13.3. The molecule has 1 aliphatic rings. The first-order valence-corrected chi connectivity index (χ1v) is 12.4. The van der Waals surface area contributed by atoms with Gasteiger partial charge in [0.25, 0.3) is 10.1 Å². The van der Waals surface area contributed by atoms with Crippen LogP contribution >= 0.6 is 0 Å². The molecule has 2 aromatic rings. The number of halogens is 6. The van der Waals surface area contributed by atoms with Gasteiger partial charge in [-0.15, -0.1) is 0 Å². The molecule has 0 aromatic heterocycles. The SMILES string of the molecule is C[C@@H](O[C@H]1OCC[C@H](COS(C)(=O)=O)[C@@H]1c1ccccc1)c1cc(C(F)(F)F)cc(C(F)(F)F)c1. The molecule has 1 saturated heterocycles. The van der Waals surface area contributed by atoms with E-state index in [1.54, 1.807) is 30.3 Å². The van der Waals surface area contributed by atoms with Crippen molar-refractivity contribution in [1.82, 2.24) is 0 Å². The van der Waals surface area contributed by atoms with E-state index in [-0.39, 0.29) is 24.8 Å². The highest BCUT2D eigenvalue weighted by molar-refractivity contribution is 7.85. The van der Waals surface area contributed by atoms with Crippen LogP contribution in [0.3, 0.4) is 0 Å². The number of hydrogen-bond donors (Lipinski definition) is 0. The topological polar surface area (TPSA) is 61.8 Å². The molecule has 1 aliphatic heterocycles. The summed E-state index contributed by atoms with van der Waals surface area (Å²) in [5.41, 5.74) is -2.51. The van der Waals surface area contributed by atoms with Gasteiger partial charge in [-0.1, -0.05) is 30.3 Å². The van der Waals surface area contributed by atoms with Crippen LogP contribution in [-0.2, 0) is 36.1 Å². The third-order valence-corrected chi connectivity index (χ3v) is 6.23. The van der Waals surface area contributed by atoms with Gasteiger partial charge in [0.05, 0.1) is 36.7 Å². The summed E-state index contributed by atoms with van der Waals surface area (Å²) in [5, 5.41) is 0. The zero-order chi connectivity index (χ0) is 26.0. The quantitative estimate of drug-likeness (QED) is 0.331. The minimum Gasteiger partial charge on any atom is -0.352 e. The Balaban J connectivity index is 1.93. The third-order valence-electron chi connectivity index (χ3n) is 5.67. The van der Waals surface area contributed by atoms with Gasteiger partial charge < -0.3 is 9.47 Å². The Labute approximate surface area is 199 Å². The minimum atomic E-state index is -4.99. The van der Waals surface area contributed by atoms with Gasteiger partial charge in [0.1, 0.15) is 0 Å². The molecule has 35 heavy (non-hydrogen) atoms. The number of ether oxygens (including phenoxy) is 2. The molecule has 0 N–H and O–H groups in total. The first-order valence-electron chi connectivity index (χ1n) is 10.6. The van der Waals surface area contributed by atoms with E-state index in [4.69, 9.17) is 13.7 Å². The summed E-state index contributed by atoms with van der Waals surface area (Å²) in [5.74, 6) is -0.979. The second-order valence-electron chi connectivity index (χ2n) is 8.33. The molecule has 0 unspecified atom stereocenters. The number of hydrogen-bond acceptors (Lipinski definition) is 5. The molecule has 0 saturated carbocycles. The summed E-state index contributed by atoms with van der Waals surface area (Å²) in [7, 11) is -3.74. The monoisotopic (exact) mass is 526 g/mol. The van der Waals surface area contributed by atoms with Gasteiger partial charge in [0, 0.05) is 5.92 Å². The van der Waals surface area contributed by atoms with Gasteiger partial charge in [-0.25, -0.2) is 0 Å². The molecule has 12 heteroatoms. The van der Waals surface area contributed by atoms with Crippen molar-refractivity contribution in [2.45, 2.75) is 44.0 Å². The molecule has 1 heterocycles. The maximum Gasteiger partial charge on any atom is 0.416 e. The lowest BCUT2D eigenvalue weighted by Gasteiger charge is -2.39. The number of alkyl halides is 6. The van der Waals surface area contributed by atoms with Crippen LogP contribution in [0.5, 0.6) is 0 Å². The van der Waals surface area contributed by atoms with E-state index in [0.717, 1.165) is 6.26 Å². The molecule has 5 nitrogen and oxygen atoms in total. The van der Waals surface area contributed by atoms with Crippen LogP contribution in [0.1, 0.15) is 47.6 Å². The normalized spacial score (nSPS) is 22.7. The van der Waals surface area contributed by atoms with Crippen molar-refractivity contribution < 1.29 is 48.4 Å². The van der Waals surface area contributed by atoms with Crippen molar-refractivity contribution in [3.05, 3.63) is 70.8 Å². The van der Waals surface area contributed by atoms with Gasteiger partial charge in [-0.05, 0) is 48.6 Å². The predicted octanol–water partition coefficient (Wildman–Crippen LogP) is 5.92. The molecule has 0 bridgehead atoms. The lowest BCUT2D eigenvalue weighted by Crippen LogP contribution is -2.39. The smallest absolute Gasteiger partial charge is 0.352 e. The molecule has 0 aliphatic carbocycles. The van der Waals surface area contributed by atoms with Crippen LogP contribution in [0.4, 0.5) is 26.3 Å². The van der Waals surface area contributed by atoms with Gasteiger partial charge in [0.15, 0.2) is 6.29 Å². The average molecular weight is 526 g/mol. The van der Waals surface area contributed by atoms with Gasteiger partial charge in [-0.2, -0.15) is 34.8 Å². The first-order chi connectivity index (χ1) is 16.1. The molecule has 194 valence electrons. The van der Waals surface area contributed by atoms with Crippen molar-refractivity contribution >= 4 is 10.1 Å². The van der Waals surface area contributed by atoms with E-state index in [9.17, 15) is 34.8 Å². The highest BCUT2D eigenvalue weighted by atomic mass is 32.2. The van der Waals surface area contributed by atoms with E-state index in [0.29, 0.717) is 24.1 Å². The molecular formula is C23H24F6O5S. The van der Waals surface area contributed by atoms with Gasteiger partial charge in [-0.3, -0.25) is 4.18 Å². The summed E-state index contributed by atoms with van der Waals surface area (Å²) >= 11 is 0. The predicted molar refractivity (Wildman–Crippen MR) is 114 cm³/mol. The van der Waals surface area contributed by atoms with E-state index in [2.05, 4.69) is 0 Å². The average Bonchev–Trinajstić information content (AvgIpc) is 2.76. The Bertz CT molecular complexity index is 1070. The number of benzene rings is 2. The van der Waals surface area contributed by atoms with E-state index < -0.39 is 57.8 Å². The zero-order valence-corrected chi connectivity index (χ0v) is 19.6. The highest BCUT2D eigenvalue weighted by Crippen LogP contribution is 2.41. The molecule has 0 amide bonds. The Morgan fingerprint density at radius 3 is 2.09 bits per heavy atom. The van der Waals surface area contributed by atoms with Gasteiger partial charge >= 0.3 is 12.4 Å². The molecule has 4 atom stereocenters. The van der Waals surface area contributed by atoms with Crippen LogP contribution in [0.2, 0.25) is 0 Å². The fourth-order valence-electron chi connectivity index (χ4n) is 3.96. The maximum atomic E-state index is 13.3. The Hall–Kier alpha value is -2.15. The molecule has 3 rings (SSSR count). The van der Waals surface area contributed by atoms with Crippen LogP contribution in [0, 0.1) is 5.92 Å². The summed E-state index contributed by atoms with van der Waals surface area (Å²) in [6.45, 7) is 1.28. The lowest BCUT2D eigenvalue weighted by atomic mass is 9.82. The highest BCUT2D eigenvalue weighted by Gasteiger charge is 2.40. The second kappa shape index (κ2) is 10.5. The molecule has 2 aromatic carbocycles. The fourth-order valence-corrected chi connectivity index (χ4v) is 4.38. The second-order valence-corrected chi connectivity index (χ2v) is 9.97. The van der Waals surface area contributed by atoms with Crippen molar-refractivity contribution in [2.75, 3.05) is 19.5 Å². The van der Waals surface area contributed by atoms with E-state index in [1.165, 1.54) is 6.92 Å². The van der Waals surface area contributed by atoms with Crippen LogP contribution < -0.4 is 0 Å². The van der Waals surface area contributed by atoms with Gasteiger partial charge in [0.2, 0.25) is 0 Å². The first kappa shape index (κ1) is 27.4. The van der Waals surface area contributed by atoms with Crippen LogP contribution in [0.25, 0.3) is 0 Å². The summed E-state index contributed by atoms with van der Waals surface area (Å²) in [6, 6.07) is 10.0. The Morgan fingerprint density at radius 2 is 1.57 bits per heavy atom. The lowest BCUT2D eigenvalue weighted by molar-refractivity contribution is -0.211. The Kier molecular flexibility index (Phi) is 8.19. The van der Waals surface area contributed by atoms with Crippen molar-refractivity contribution in [3.8, 4) is 0 Å². The fraction of sp³-hybridized carbons (Fsp3) is 0.478. The summed E-state index contributed by atoms with van der Waals surface area (Å²) in [4.78, 5) is 0. The molecular weight excluding hydrogens is 502 g/mol.